The van der Waals surface area contributed by atoms with Gasteiger partial charge in [-0.2, -0.15) is 0 Å². The molecule has 0 amide bonds. The number of carbonyl (C=O) groups excluding carboxylic acids is 3. The fourth-order valence-electron chi connectivity index (χ4n) is 5.42. The van der Waals surface area contributed by atoms with Gasteiger partial charge in [-0.3, -0.25) is 14.4 Å². The Morgan fingerprint density at radius 3 is 2.39 bits per heavy atom. The van der Waals surface area contributed by atoms with Gasteiger partial charge in [0.1, 0.15) is 35.2 Å². The summed E-state index contributed by atoms with van der Waals surface area (Å²) in [7, 11) is 0. The number of hydrogen-bond acceptors (Lipinski definition) is 10. The average molecular weight is 490 g/mol. The Labute approximate surface area is 201 Å². The van der Waals surface area contributed by atoms with E-state index in [4.69, 9.17) is 9.15 Å². The van der Waals surface area contributed by atoms with Gasteiger partial charge in [-0.15, -0.1) is 0 Å². The first-order valence-electron chi connectivity index (χ1n) is 11.0. The second-order valence-corrected chi connectivity index (χ2v) is 9.33. The Morgan fingerprint density at radius 2 is 1.67 bits per heavy atom. The quantitative estimate of drug-likeness (QED) is 0.341. The summed E-state index contributed by atoms with van der Waals surface area (Å²) in [5.41, 5.74) is -4.35. The highest BCUT2D eigenvalue weighted by Crippen LogP contribution is 2.53. The lowest BCUT2D eigenvalue weighted by atomic mass is 9.82. The first kappa shape index (κ1) is 22.2. The highest BCUT2D eigenvalue weighted by molar-refractivity contribution is 6.28. The summed E-state index contributed by atoms with van der Waals surface area (Å²) < 4.78 is 11.1. The van der Waals surface area contributed by atoms with Gasteiger partial charge in [-0.1, -0.05) is 0 Å². The third-order valence-electron chi connectivity index (χ3n) is 7.18. The maximum atomic E-state index is 13.7. The molecule has 0 saturated heterocycles. The molecule has 0 radical (unpaired) electrons. The number of aromatic hydroxyl groups is 2. The molecule has 10 nitrogen and oxygen atoms in total. The molecule has 1 aliphatic heterocycles. The summed E-state index contributed by atoms with van der Waals surface area (Å²) in [5, 5.41) is 44.5. The number of fused-ring (bicyclic) bond motifs is 4. The van der Waals surface area contributed by atoms with E-state index < -0.39 is 75.4 Å². The van der Waals surface area contributed by atoms with Gasteiger partial charge in [0.05, 0.1) is 22.1 Å². The molecule has 4 N–H and O–H groups in total. The average Bonchev–Trinajstić information content (AvgIpc) is 3.11. The Morgan fingerprint density at radius 1 is 0.944 bits per heavy atom. The Balaban J connectivity index is 1.56. The third kappa shape index (κ3) is 2.57. The van der Waals surface area contributed by atoms with Crippen LogP contribution in [0.1, 0.15) is 61.0 Å². The van der Waals surface area contributed by atoms with Crippen molar-refractivity contribution in [2.45, 2.75) is 38.1 Å². The molecule has 0 bridgehead atoms. The van der Waals surface area contributed by atoms with Crippen molar-refractivity contribution in [1.82, 2.24) is 0 Å². The van der Waals surface area contributed by atoms with E-state index in [0.717, 1.165) is 6.08 Å². The number of hydrogen-bond donors (Lipinski definition) is 4. The summed E-state index contributed by atoms with van der Waals surface area (Å²) in [6, 6.07) is 4.30. The minimum Gasteiger partial charge on any atom is -0.507 e. The van der Waals surface area contributed by atoms with E-state index in [0.29, 0.717) is 11.1 Å². The monoisotopic (exact) mass is 490 g/mol. The second kappa shape index (κ2) is 6.90. The van der Waals surface area contributed by atoms with Crippen LogP contribution in [0.25, 0.3) is 10.8 Å². The number of aliphatic hydroxyl groups is 2. The van der Waals surface area contributed by atoms with Gasteiger partial charge in [0.25, 0.3) is 0 Å². The lowest BCUT2D eigenvalue weighted by Crippen LogP contribution is -2.57. The van der Waals surface area contributed by atoms with Crippen molar-refractivity contribution in [3.8, 4) is 17.2 Å². The summed E-state index contributed by atoms with van der Waals surface area (Å²) >= 11 is 0. The number of carbonyl (C=O) groups is 3. The van der Waals surface area contributed by atoms with Gasteiger partial charge < -0.3 is 29.6 Å². The summed E-state index contributed by atoms with van der Waals surface area (Å²) in [4.78, 5) is 51.3. The highest BCUT2D eigenvalue weighted by Gasteiger charge is 2.60. The fourth-order valence-corrected chi connectivity index (χ4v) is 5.42. The van der Waals surface area contributed by atoms with Crippen molar-refractivity contribution in [2.24, 2.45) is 0 Å². The molecule has 1 aromatic heterocycles. The SMILES string of the molecule is CC1=CC(=O)c2c(O)c3c(c(O)c2C1=O)CC1(Oc2cc4c(=O)oc(C)cc4cc2[C@@H](O)[C@@H]1O)C3=O. The largest absolute Gasteiger partial charge is 0.507 e. The Bertz CT molecular complexity index is 1690. The van der Waals surface area contributed by atoms with Gasteiger partial charge in [0.2, 0.25) is 11.4 Å². The zero-order chi connectivity index (χ0) is 25.8. The predicted molar refractivity (Wildman–Crippen MR) is 122 cm³/mol. The van der Waals surface area contributed by atoms with Crippen molar-refractivity contribution in [3.63, 3.8) is 0 Å². The number of phenols is 2. The molecule has 182 valence electrons. The van der Waals surface area contributed by atoms with E-state index in [-0.39, 0.29) is 27.8 Å². The number of ether oxygens (including phenoxy) is 1. The normalized spacial score (nSPS) is 24.4. The molecule has 2 aliphatic carbocycles. The van der Waals surface area contributed by atoms with E-state index in [1.165, 1.54) is 19.1 Å². The number of ketones is 3. The molecule has 10 heteroatoms. The predicted octanol–water partition coefficient (Wildman–Crippen LogP) is 1.80. The van der Waals surface area contributed by atoms with E-state index in [1.807, 2.05) is 0 Å². The molecular weight excluding hydrogens is 472 g/mol. The topological polar surface area (TPSA) is 172 Å². The first-order valence-corrected chi connectivity index (χ1v) is 11.0. The highest BCUT2D eigenvalue weighted by atomic mass is 16.5. The van der Waals surface area contributed by atoms with E-state index >= 15 is 0 Å². The Kier molecular flexibility index (Phi) is 4.25. The minimum absolute atomic E-state index is 0.0421. The molecule has 36 heavy (non-hydrogen) atoms. The molecule has 0 fully saturated rings. The van der Waals surface area contributed by atoms with Crippen LogP contribution in [0.2, 0.25) is 0 Å². The van der Waals surface area contributed by atoms with Crippen LogP contribution in [-0.4, -0.2) is 49.5 Å². The van der Waals surface area contributed by atoms with E-state index in [1.54, 1.807) is 13.0 Å². The van der Waals surface area contributed by atoms with Crippen LogP contribution < -0.4 is 10.4 Å². The maximum Gasteiger partial charge on any atom is 0.343 e. The van der Waals surface area contributed by atoms with Crippen molar-refractivity contribution >= 4 is 28.1 Å². The Hall–Kier alpha value is -4.28. The number of rotatable bonds is 0. The van der Waals surface area contributed by atoms with Crippen LogP contribution in [0.3, 0.4) is 0 Å². The van der Waals surface area contributed by atoms with Crippen LogP contribution in [0, 0.1) is 6.92 Å². The van der Waals surface area contributed by atoms with Crippen LogP contribution >= 0.6 is 0 Å². The number of aryl methyl sites for hydroxylation is 1. The maximum absolute atomic E-state index is 13.7. The molecule has 3 aliphatic rings. The zero-order valence-corrected chi connectivity index (χ0v) is 18.9. The second-order valence-electron chi connectivity index (χ2n) is 9.33. The smallest absolute Gasteiger partial charge is 0.343 e. The number of aliphatic hydroxyl groups excluding tert-OH is 2. The standard InChI is InChI=1S/C26H18O10/c1-8-3-14(27)17-18(19(8)28)20(29)13-7-26(23(32)16(13)22(17)31)24(33)21(30)12-5-10-4-9(2)35-25(34)11(10)6-15(12)36-26/h3-6,21,24,29-31,33H,7H2,1-2H3/t21-,24+,26?/m1/s1. The molecule has 6 rings (SSSR count). The van der Waals surface area contributed by atoms with Gasteiger partial charge in [-0.05, 0) is 43.5 Å². The molecule has 3 atom stereocenters. The van der Waals surface area contributed by atoms with Crippen LogP contribution in [0.4, 0.5) is 0 Å². The van der Waals surface area contributed by atoms with Crippen molar-refractivity contribution in [1.29, 1.82) is 0 Å². The van der Waals surface area contributed by atoms with Crippen LogP contribution in [0.15, 0.2) is 39.1 Å². The van der Waals surface area contributed by atoms with Crippen molar-refractivity contribution in [2.75, 3.05) is 0 Å². The third-order valence-corrected chi connectivity index (χ3v) is 7.18. The van der Waals surface area contributed by atoms with Crippen molar-refractivity contribution < 1.29 is 44.0 Å². The summed E-state index contributed by atoms with van der Waals surface area (Å²) in [6.45, 7) is 2.96. The molecular formula is C26H18O10. The molecule has 2 aromatic carbocycles. The lowest BCUT2D eigenvalue weighted by molar-refractivity contribution is -0.105. The number of benzene rings is 2. The van der Waals surface area contributed by atoms with Crippen molar-refractivity contribution in [3.05, 3.63) is 73.8 Å². The molecule has 1 spiro atoms. The van der Waals surface area contributed by atoms with Gasteiger partial charge in [-0.25, -0.2) is 4.79 Å². The molecule has 2 heterocycles. The fraction of sp³-hybridized carbons (Fsp3) is 0.231. The van der Waals surface area contributed by atoms with E-state index in [2.05, 4.69) is 0 Å². The number of phenolic OH excluding ortho intramolecular Hbond substituents is 2. The van der Waals surface area contributed by atoms with E-state index in [9.17, 15) is 39.6 Å². The number of Topliss-reactive ketones (excluding diaryl/α,β-unsaturated/α-hetero) is 2. The van der Waals surface area contributed by atoms with Crippen LogP contribution in [0.5, 0.6) is 17.2 Å². The number of allylic oxidation sites excluding steroid dienone is 2. The zero-order valence-electron chi connectivity index (χ0n) is 18.9. The van der Waals surface area contributed by atoms with Gasteiger partial charge >= 0.3 is 5.63 Å². The molecule has 1 unspecified atom stereocenters. The molecule has 0 saturated carbocycles. The minimum atomic E-state index is -2.21. The molecule has 3 aromatic rings. The summed E-state index contributed by atoms with van der Waals surface area (Å²) in [5.74, 6) is -3.69. The summed E-state index contributed by atoms with van der Waals surface area (Å²) in [6.07, 6.45) is -3.02. The van der Waals surface area contributed by atoms with Crippen LogP contribution in [-0.2, 0) is 6.42 Å². The van der Waals surface area contributed by atoms with Gasteiger partial charge in [0.15, 0.2) is 11.6 Å². The first-order chi connectivity index (χ1) is 17.0. The lowest BCUT2D eigenvalue weighted by Gasteiger charge is -2.41. The van der Waals surface area contributed by atoms with Gasteiger partial charge in [0, 0.05) is 23.1 Å².